The van der Waals surface area contributed by atoms with Gasteiger partial charge in [0.15, 0.2) is 0 Å². The van der Waals surface area contributed by atoms with Gasteiger partial charge in [0, 0.05) is 12.4 Å². The van der Waals surface area contributed by atoms with E-state index in [4.69, 9.17) is 0 Å². The summed E-state index contributed by atoms with van der Waals surface area (Å²) in [5.74, 6) is -0.197. The van der Waals surface area contributed by atoms with E-state index in [9.17, 15) is 4.79 Å². The van der Waals surface area contributed by atoms with Crippen molar-refractivity contribution < 1.29 is 4.79 Å². The number of aromatic nitrogens is 3. The Morgan fingerprint density at radius 2 is 2.17 bits per heavy atom. The lowest BCUT2D eigenvalue weighted by molar-refractivity contribution is 0.0949. The summed E-state index contributed by atoms with van der Waals surface area (Å²) in [6.07, 6.45) is 4.93. The summed E-state index contributed by atoms with van der Waals surface area (Å²) >= 11 is 3.23. The molecule has 2 aromatic rings. The third-order valence-corrected chi connectivity index (χ3v) is 2.90. The molecule has 1 amide bonds. The topological polar surface area (TPSA) is 67.8 Å². The Labute approximate surface area is 113 Å². The van der Waals surface area contributed by atoms with Crippen molar-refractivity contribution in [3.05, 3.63) is 52.3 Å². The summed E-state index contributed by atoms with van der Waals surface area (Å²) in [6.45, 7) is 2.20. The monoisotopic (exact) mass is 306 g/mol. The van der Waals surface area contributed by atoms with Crippen LogP contribution in [0.4, 0.5) is 0 Å². The molecule has 0 aromatic carbocycles. The van der Waals surface area contributed by atoms with E-state index in [1.54, 1.807) is 30.7 Å². The van der Waals surface area contributed by atoms with Crippen molar-refractivity contribution >= 4 is 21.8 Å². The molecule has 0 saturated heterocycles. The zero-order valence-corrected chi connectivity index (χ0v) is 11.3. The first kappa shape index (κ1) is 12.6. The minimum atomic E-state index is -0.197. The Hall–Kier alpha value is -1.82. The van der Waals surface area contributed by atoms with Gasteiger partial charge >= 0.3 is 0 Å². The number of halogens is 1. The lowest BCUT2D eigenvalue weighted by Gasteiger charge is -2.05. The highest BCUT2D eigenvalue weighted by molar-refractivity contribution is 9.10. The number of carbonyl (C=O) groups excluding carboxylic acids is 1. The van der Waals surface area contributed by atoms with Crippen molar-refractivity contribution in [3.8, 4) is 0 Å². The highest BCUT2D eigenvalue weighted by atomic mass is 79.9. The second-order valence-corrected chi connectivity index (χ2v) is 4.42. The number of nitrogens with zero attached hydrogens (tertiary/aromatic N) is 3. The Kier molecular flexibility index (Phi) is 3.99. The quantitative estimate of drug-likeness (QED) is 0.879. The molecule has 5 nitrogen and oxygen atoms in total. The number of hydrogen-bond acceptors (Lipinski definition) is 4. The summed E-state index contributed by atoms with van der Waals surface area (Å²) < 4.78 is 0.525. The normalized spacial score (nSPS) is 10.1. The first-order valence-electron chi connectivity index (χ1n) is 5.33. The molecule has 18 heavy (non-hydrogen) atoms. The molecule has 0 saturated carbocycles. The van der Waals surface area contributed by atoms with Gasteiger partial charge in [0.25, 0.3) is 5.91 Å². The van der Waals surface area contributed by atoms with Gasteiger partial charge < -0.3 is 5.32 Å². The number of hydrogen-bond donors (Lipinski definition) is 1. The molecule has 0 bridgehead atoms. The van der Waals surface area contributed by atoms with Crippen LogP contribution in [-0.4, -0.2) is 20.9 Å². The molecule has 1 N–H and O–H groups in total. The van der Waals surface area contributed by atoms with E-state index in [-0.39, 0.29) is 5.91 Å². The minimum Gasteiger partial charge on any atom is -0.346 e. The van der Waals surface area contributed by atoms with Gasteiger partial charge in [-0.1, -0.05) is 0 Å². The number of carbonyl (C=O) groups is 1. The molecule has 0 atom stereocenters. The van der Waals surface area contributed by atoms with Gasteiger partial charge in [-0.15, -0.1) is 0 Å². The number of pyridine rings is 1. The van der Waals surface area contributed by atoms with Crippen LogP contribution in [0.5, 0.6) is 0 Å². The van der Waals surface area contributed by atoms with Crippen molar-refractivity contribution in [3.63, 3.8) is 0 Å². The van der Waals surface area contributed by atoms with Crippen molar-refractivity contribution in [1.82, 2.24) is 20.3 Å². The number of aryl methyl sites for hydroxylation is 1. The van der Waals surface area contributed by atoms with E-state index >= 15 is 0 Å². The second-order valence-electron chi connectivity index (χ2n) is 3.67. The molecular formula is C12H11BrN4O. The van der Waals surface area contributed by atoms with Crippen LogP contribution in [0.1, 0.15) is 21.7 Å². The van der Waals surface area contributed by atoms with Crippen LogP contribution in [0, 0.1) is 6.92 Å². The lowest BCUT2D eigenvalue weighted by atomic mass is 10.2. The first-order valence-corrected chi connectivity index (χ1v) is 6.12. The predicted molar refractivity (Wildman–Crippen MR) is 69.9 cm³/mol. The van der Waals surface area contributed by atoms with E-state index in [0.717, 1.165) is 5.69 Å². The third kappa shape index (κ3) is 3.10. The van der Waals surface area contributed by atoms with Gasteiger partial charge in [-0.2, -0.15) is 0 Å². The summed E-state index contributed by atoms with van der Waals surface area (Å²) in [5.41, 5.74) is 2.06. The Balaban J connectivity index is 2.01. The Morgan fingerprint density at radius 3 is 2.83 bits per heavy atom. The molecule has 2 rings (SSSR count). The highest BCUT2D eigenvalue weighted by Gasteiger charge is 2.09. The van der Waals surface area contributed by atoms with E-state index in [0.29, 0.717) is 22.4 Å². The maximum atomic E-state index is 11.9. The fourth-order valence-corrected chi connectivity index (χ4v) is 1.76. The van der Waals surface area contributed by atoms with Crippen LogP contribution < -0.4 is 5.32 Å². The Bertz CT molecular complexity index is 556. The Morgan fingerprint density at radius 1 is 1.33 bits per heavy atom. The molecule has 92 valence electrons. The molecule has 0 aliphatic rings. The van der Waals surface area contributed by atoms with Gasteiger partial charge in [-0.3, -0.25) is 14.8 Å². The fourth-order valence-electron chi connectivity index (χ4n) is 1.33. The van der Waals surface area contributed by atoms with E-state index < -0.39 is 0 Å². The number of nitrogens with one attached hydrogen (secondary N) is 1. The molecule has 2 aromatic heterocycles. The van der Waals surface area contributed by atoms with Gasteiger partial charge in [0.05, 0.1) is 29.7 Å². The van der Waals surface area contributed by atoms with Crippen molar-refractivity contribution in [1.29, 1.82) is 0 Å². The van der Waals surface area contributed by atoms with E-state index in [2.05, 4.69) is 36.2 Å². The average molecular weight is 307 g/mol. The van der Waals surface area contributed by atoms with Gasteiger partial charge in [0.1, 0.15) is 4.60 Å². The van der Waals surface area contributed by atoms with Crippen molar-refractivity contribution in [2.45, 2.75) is 13.5 Å². The average Bonchev–Trinajstić information content (AvgIpc) is 2.38. The van der Waals surface area contributed by atoms with Crippen LogP contribution in [0.3, 0.4) is 0 Å². The predicted octanol–water partition coefficient (Wildman–Crippen LogP) is 1.87. The summed E-state index contributed by atoms with van der Waals surface area (Å²) in [7, 11) is 0. The van der Waals surface area contributed by atoms with E-state index in [1.807, 2.05) is 6.92 Å². The maximum Gasteiger partial charge on any atom is 0.254 e. The molecule has 0 unspecified atom stereocenters. The van der Waals surface area contributed by atoms with Gasteiger partial charge in [0.2, 0.25) is 0 Å². The molecule has 6 heteroatoms. The van der Waals surface area contributed by atoms with Gasteiger partial charge in [-0.05, 0) is 35.0 Å². The maximum absolute atomic E-state index is 11.9. The van der Waals surface area contributed by atoms with Crippen molar-refractivity contribution in [2.24, 2.45) is 0 Å². The van der Waals surface area contributed by atoms with Crippen LogP contribution in [0.15, 0.2) is 35.3 Å². The van der Waals surface area contributed by atoms with Crippen LogP contribution >= 0.6 is 15.9 Å². The lowest BCUT2D eigenvalue weighted by Crippen LogP contribution is -2.24. The highest BCUT2D eigenvalue weighted by Crippen LogP contribution is 2.12. The standard InChI is InChI=1S/C12H11BrN4O/c1-8-5-16-9(6-15-8)7-17-12(18)10-3-2-4-14-11(10)13/h2-6H,7H2,1H3,(H,17,18). The van der Waals surface area contributed by atoms with E-state index in [1.165, 1.54) is 0 Å². The molecular weight excluding hydrogens is 296 g/mol. The van der Waals surface area contributed by atoms with Crippen LogP contribution in [-0.2, 0) is 6.54 Å². The summed E-state index contributed by atoms with van der Waals surface area (Å²) in [4.78, 5) is 24.1. The second kappa shape index (κ2) is 5.68. The molecule has 0 aliphatic carbocycles. The van der Waals surface area contributed by atoms with Crippen molar-refractivity contribution in [2.75, 3.05) is 0 Å². The fraction of sp³-hybridized carbons (Fsp3) is 0.167. The number of amides is 1. The zero-order valence-electron chi connectivity index (χ0n) is 9.72. The minimum absolute atomic E-state index is 0.197. The third-order valence-electron chi connectivity index (χ3n) is 2.27. The van der Waals surface area contributed by atoms with Crippen LogP contribution in [0.2, 0.25) is 0 Å². The zero-order chi connectivity index (χ0) is 13.0. The molecule has 0 fully saturated rings. The summed E-state index contributed by atoms with van der Waals surface area (Å²) in [6, 6.07) is 3.42. The van der Waals surface area contributed by atoms with Gasteiger partial charge in [-0.25, -0.2) is 4.98 Å². The molecule has 0 radical (unpaired) electrons. The molecule has 0 aliphatic heterocycles. The molecule has 0 spiro atoms. The summed E-state index contributed by atoms with van der Waals surface area (Å²) in [5, 5.41) is 2.76. The largest absolute Gasteiger partial charge is 0.346 e. The smallest absolute Gasteiger partial charge is 0.254 e. The van der Waals surface area contributed by atoms with Crippen LogP contribution in [0.25, 0.3) is 0 Å². The molecule has 2 heterocycles. The first-order chi connectivity index (χ1) is 8.66. The number of rotatable bonds is 3. The SMILES string of the molecule is Cc1cnc(CNC(=O)c2cccnc2Br)cn1.